The van der Waals surface area contributed by atoms with Crippen LogP contribution < -0.4 is 0 Å². The van der Waals surface area contributed by atoms with Crippen molar-refractivity contribution >= 4 is 22.6 Å². The summed E-state index contributed by atoms with van der Waals surface area (Å²) in [5.74, 6) is 0.719. The Bertz CT molecular complexity index is 1090. The monoisotopic (exact) mass is 401 g/mol. The summed E-state index contributed by atoms with van der Waals surface area (Å²) in [7, 11) is 2.03. The highest BCUT2D eigenvalue weighted by molar-refractivity contribution is 6.14. The molecule has 154 valence electrons. The minimum atomic E-state index is 0.146. The van der Waals surface area contributed by atoms with Gasteiger partial charge in [0.05, 0.1) is 17.8 Å². The van der Waals surface area contributed by atoms with E-state index < -0.39 is 0 Å². The number of hydrogen-bond donors (Lipinski definition) is 0. The number of nitrogens with zero attached hydrogens (tertiary/aromatic N) is 3. The molecule has 2 aliphatic rings. The summed E-state index contributed by atoms with van der Waals surface area (Å²) in [5, 5.41) is 1.01. The molecule has 1 amide bonds. The average Bonchev–Trinajstić information content (AvgIpc) is 3.59. The molecule has 2 heterocycles. The number of amides is 1. The molecule has 0 bridgehead atoms. The summed E-state index contributed by atoms with van der Waals surface area (Å²) in [6.07, 6.45) is 2.09. The van der Waals surface area contributed by atoms with Crippen molar-refractivity contribution in [3.05, 3.63) is 60.2 Å². The molecule has 5 heteroatoms. The number of rotatable bonds is 5. The number of piperazine rings is 1. The fourth-order valence-electron chi connectivity index (χ4n) is 4.61. The smallest absolute Gasteiger partial charge is 0.225 e. The Labute approximate surface area is 176 Å². The first-order valence-electron chi connectivity index (χ1n) is 10.8. The zero-order valence-corrected chi connectivity index (χ0v) is 17.4. The standard InChI is InChI=1S/C25H27N3O2/c1-26-21-10-6-5-9-20(21)23(24(26)18-7-3-2-4-8-18)22(29)17-27-13-15-28(16-14-27)25(30)19-11-12-19/h2-10,19H,11-17H2,1H3. The highest BCUT2D eigenvalue weighted by Crippen LogP contribution is 2.34. The highest BCUT2D eigenvalue weighted by Gasteiger charge is 2.35. The number of carbonyl (C=O) groups is 2. The van der Waals surface area contributed by atoms with Crippen molar-refractivity contribution in [1.82, 2.24) is 14.4 Å². The Morgan fingerprint density at radius 1 is 0.900 bits per heavy atom. The highest BCUT2D eigenvalue weighted by atomic mass is 16.2. The number of aryl methyl sites for hydroxylation is 1. The van der Waals surface area contributed by atoms with Crippen LogP contribution in [0.3, 0.4) is 0 Å². The van der Waals surface area contributed by atoms with Gasteiger partial charge in [-0.05, 0) is 24.5 Å². The zero-order valence-electron chi connectivity index (χ0n) is 17.4. The number of aromatic nitrogens is 1. The molecule has 0 spiro atoms. The van der Waals surface area contributed by atoms with Crippen LogP contribution in [0.2, 0.25) is 0 Å². The minimum Gasteiger partial charge on any atom is -0.343 e. The minimum absolute atomic E-state index is 0.146. The first-order valence-corrected chi connectivity index (χ1v) is 10.8. The van der Waals surface area contributed by atoms with E-state index in [9.17, 15) is 9.59 Å². The van der Waals surface area contributed by atoms with Gasteiger partial charge in [0.15, 0.2) is 5.78 Å². The van der Waals surface area contributed by atoms with Gasteiger partial charge < -0.3 is 9.47 Å². The lowest BCUT2D eigenvalue weighted by Gasteiger charge is -2.34. The molecule has 5 nitrogen and oxygen atoms in total. The van der Waals surface area contributed by atoms with Crippen LogP contribution in [0.5, 0.6) is 0 Å². The molecule has 1 aliphatic carbocycles. The van der Waals surface area contributed by atoms with Crippen LogP contribution in [0.1, 0.15) is 23.2 Å². The van der Waals surface area contributed by atoms with Crippen molar-refractivity contribution in [2.45, 2.75) is 12.8 Å². The lowest BCUT2D eigenvalue weighted by molar-refractivity contribution is -0.134. The van der Waals surface area contributed by atoms with Crippen molar-refractivity contribution < 1.29 is 9.59 Å². The van der Waals surface area contributed by atoms with Crippen molar-refractivity contribution in [2.24, 2.45) is 13.0 Å². The lowest BCUT2D eigenvalue weighted by Crippen LogP contribution is -2.50. The zero-order chi connectivity index (χ0) is 20.7. The first kappa shape index (κ1) is 19.1. The van der Waals surface area contributed by atoms with Crippen molar-refractivity contribution in [1.29, 1.82) is 0 Å². The van der Waals surface area contributed by atoms with Crippen LogP contribution in [0.25, 0.3) is 22.2 Å². The summed E-state index contributed by atoms with van der Waals surface area (Å²) in [6.45, 7) is 3.36. The Morgan fingerprint density at radius 2 is 1.57 bits per heavy atom. The topological polar surface area (TPSA) is 45.6 Å². The molecule has 3 aromatic rings. The lowest BCUT2D eigenvalue weighted by atomic mass is 10.0. The van der Waals surface area contributed by atoms with Gasteiger partial charge in [-0.2, -0.15) is 0 Å². The summed E-state index contributed by atoms with van der Waals surface area (Å²) in [5.41, 5.74) is 3.90. The van der Waals surface area contributed by atoms with E-state index in [-0.39, 0.29) is 11.7 Å². The maximum atomic E-state index is 13.5. The van der Waals surface area contributed by atoms with Crippen LogP contribution >= 0.6 is 0 Å². The molecule has 0 unspecified atom stereocenters. The summed E-state index contributed by atoms with van der Waals surface area (Å²) in [6, 6.07) is 18.3. The maximum absolute atomic E-state index is 13.5. The van der Waals surface area contributed by atoms with Gasteiger partial charge in [0.2, 0.25) is 5.91 Å². The normalized spacial score (nSPS) is 17.4. The molecule has 5 rings (SSSR count). The Balaban J connectivity index is 1.40. The van der Waals surface area contributed by atoms with Crippen LogP contribution in [-0.4, -0.2) is 58.8 Å². The molecule has 0 atom stereocenters. The van der Waals surface area contributed by atoms with Crippen LogP contribution in [0, 0.1) is 5.92 Å². The van der Waals surface area contributed by atoms with Gasteiger partial charge in [-0.25, -0.2) is 0 Å². The first-order chi connectivity index (χ1) is 14.6. The molecule has 0 N–H and O–H groups in total. The molecule has 2 aromatic carbocycles. The third kappa shape index (κ3) is 3.43. The fourth-order valence-corrected chi connectivity index (χ4v) is 4.61. The van der Waals surface area contributed by atoms with E-state index in [1.807, 2.05) is 48.3 Å². The van der Waals surface area contributed by atoms with Crippen LogP contribution in [0.4, 0.5) is 0 Å². The molecule has 30 heavy (non-hydrogen) atoms. The quantitative estimate of drug-likeness (QED) is 0.614. The van der Waals surface area contributed by atoms with Gasteiger partial charge in [0, 0.05) is 50.0 Å². The van der Waals surface area contributed by atoms with E-state index in [2.05, 4.69) is 27.7 Å². The third-order valence-corrected chi connectivity index (χ3v) is 6.41. The Morgan fingerprint density at radius 3 is 2.27 bits per heavy atom. The average molecular weight is 402 g/mol. The summed E-state index contributed by atoms with van der Waals surface area (Å²) >= 11 is 0. The predicted molar refractivity (Wildman–Crippen MR) is 118 cm³/mol. The number of benzene rings is 2. The number of fused-ring (bicyclic) bond motifs is 1. The van der Waals surface area contributed by atoms with E-state index >= 15 is 0 Å². The molecular formula is C25H27N3O2. The Hall–Kier alpha value is -2.92. The SMILES string of the molecule is Cn1c(-c2ccccc2)c(C(=O)CN2CCN(C(=O)C3CC3)CC2)c2ccccc21. The van der Waals surface area contributed by atoms with E-state index in [1.165, 1.54) is 0 Å². The molecule has 2 fully saturated rings. The maximum Gasteiger partial charge on any atom is 0.225 e. The van der Waals surface area contributed by atoms with Crippen molar-refractivity contribution in [3.63, 3.8) is 0 Å². The molecular weight excluding hydrogens is 374 g/mol. The molecule has 1 saturated heterocycles. The van der Waals surface area contributed by atoms with Crippen molar-refractivity contribution in [2.75, 3.05) is 32.7 Å². The van der Waals surface area contributed by atoms with E-state index in [1.54, 1.807) is 0 Å². The molecule has 1 aromatic heterocycles. The number of para-hydroxylation sites is 1. The number of carbonyl (C=O) groups excluding carboxylic acids is 2. The molecule has 1 aliphatic heterocycles. The molecule has 0 radical (unpaired) electrons. The molecule has 1 saturated carbocycles. The number of Topliss-reactive ketones (excluding diaryl/α,β-unsaturated/α-hetero) is 1. The van der Waals surface area contributed by atoms with Gasteiger partial charge in [0.1, 0.15) is 0 Å². The van der Waals surface area contributed by atoms with Gasteiger partial charge >= 0.3 is 0 Å². The van der Waals surface area contributed by atoms with Gasteiger partial charge in [-0.1, -0.05) is 48.5 Å². The number of ketones is 1. The summed E-state index contributed by atoms with van der Waals surface area (Å²) < 4.78 is 2.13. The summed E-state index contributed by atoms with van der Waals surface area (Å²) in [4.78, 5) is 30.0. The van der Waals surface area contributed by atoms with Gasteiger partial charge in [-0.3, -0.25) is 14.5 Å². The second-order valence-corrected chi connectivity index (χ2v) is 8.46. The fraction of sp³-hybridized carbons (Fsp3) is 0.360. The predicted octanol–water partition coefficient (Wildman–Crippen LogP) is 3.58. The van der Waals surface area contributed by atoms with Crippen molar-refractivity contribution in [3.8, 4) is 11.3 Å². The van der Waals surface area contributed by atoms with Crippen LogP contribution in [-0.2, 0) is 11.8 Å². The van der Waals surface area contributed by atoms with E-state index in [0.717, 1.165) is 66.7 Å². The van der Waals surface area contributed by atoms with Gasteiger partial charge in [-0.15, -0.1) is 0 Å². The number of hydrogen-bond acceptors (Lipinski definition) is 3. The van der Waals surface area contributed by atoms with E-state index in [4.69, 9.17) is 0 Å². The largest absolute Gasteiger partial charge is 0.343 e. The second-order valence-electron chi connectivity index (χ2n) is 8.46. The second kappa shape index (κ2) is 7.73. The third-order valence-electron chi connectivity index (χ3n) is 6.41. The van der Waals surface area contributed by atoms with E-state index in [0.29, 0.717) is 12.5 Å². The Kier molecular flexibility index (Phi) is 4.91. The van der Waals surface area contributed by atoms with Crippen LogP contribution in [0.15, 0.2) is 54.6 Å². The van der Waals surface area contributed by atoms with Gasteiger partial charge in [0.25, 0.3) is 0 Å².